The van der Waals surface area contributed by atoms with Gasteiger partial charge in [-0.25, -0.2) is 0 Å². The molecule has 4 heteroatoms. The van der Waals surface area contributed by atoms with Gasteiger partial charge in [-0.05, 0) is 61.5 Å². The van der Waals surface area contributed by atoms with Crippen molar-refractivity contribution in [1.29, 1.82) is 0 Å². The van der Waals surface area contributed by atoms with Crippen LogP contribution < -0.4 is 0 Å². The lowest BCUT2D eigenvalue weighted by Crippen LogP contribution is -2.16. The molecule has 4 nitrogen and oxygen atoms in total. The average Bonchev–Trinajstić information content (AvgIpc) is 3.16. The van der Waals surface area contributed by atoms with Gasteiger partial charge in [0.15, 0.2) is 0 Å². The Labute approximate surface area is 180 Å². The number of methoxy groups -OCH3 is 1. The van der Waals surface area contributed by atoms with Gasteiger partial charge in [-0.3, -0.25) is 9.59 Å². The van der Waals surface area contributed by atoms with Gasteiger partial charge in [0, 0.05) is 18.8 Å². The molecule has 2 saturated carbocycles. The van der Waals surface area contributed by atoms with E-state index in [4.69, 9.17) is 0 Å². The van der Waals surface area contributed by atoms with Crippen LogP contribution in [0.1, 0.15) is 93.8 Å². The maximum atomic E-state index is 12.5. The molecule has 3 atom stereocenters. The summed E-state index contributed by atoms with van der Waals surface area (Å²) in [6, 6.07) is 8.38. The van der Waals surface area contributed by atoms with Crippen molar-refractivity contribution in [2.45, 2.75) is 82.7 Å². The molecule has 0 aliphatic heterocycles. The third-order valence-corrected chi connectivity index (χ3v) is 6.94. The van der Waals surface area contributed by atoms with Gasteiger partial charge in [-0.1, -0.05) is 55.7 Å². The SMILES string of the molecule is COC(=O)CCC/C=C\C[C@H]1C(=O)CC[C@@H]1c1ccc([C@H](O)C2CCCCC2)cc1. The third kappa shape index (κ3) is 6.04. The minimum atomic E-state index is -0.367. The Morgan fingerprint density at radius 1 is 1.13 bits per heavy atom. The Balaban J connectivity index is 1.54. The fourth-order valence-corrected chi connectivity index (χ4v) is 5.09. The molecule has 0 amide bonds. The summed E-state index contributed by atoms with van der Waals surface area (Å²) in [6.07, 6.45) is 14.1. The minimum absolute atomic E-state index is 0.0379. The Hall–Kier alpha value is -1.94. The van der Waals surface area contributed by atoms with E-state index < -0.39 is 0 Å². The van der Waals surface area contributed by atoms with Crippen molar-refractivity contribution in [1.82, 2.24) is 0 Å². The summed E-state index contributed by atoms with van der Waals surface area (Å²) in [5.41, 5.74) is 2.22. The zero-order chi connectivity index (χ0) is 21.3. The van der Waals surface area contributed by atoms with Gasteiger partial charge in [0.2, 0.25) is 0 Å². The van der Waals surface area contributed by atoms with Crippen LogP contribution in [0, 0.1) is 11.8 Å². The smallest absolute Gasteiger partial charge is 0.305 e. The fraction of sp³-hybridized carbons (Fsp3) is 0.615. The van der Waals surface area contributed by atoms with Crippen molar-refractivity contribution in [3.63, 3.8) is 0 Å². The monoisotopic (exact) mass is 412 g/mol. The number of carbonyl (C=O) groups excluding carboxylic acids is 2. The number of carbonyl (C=O) groups is 2. The van der Waals surface area contributed by atoms with Crippen LogP contribution in [-0.2, 0) is 14.3 Å². The van der Waals surface area contributed by atoms with Crippen molar-refractivity contribution < 1.29 is 19.4 Å². The molecule has 0 heterocycles. The number of benzene rings is 1. The second-order valence-electron chi connectivity index (χ2n) is 8.90. The van der Waals surface area contributed by atoms with Gasteiger partial charge in [0.25, 0.3) is 0 Å². The lowest BCUT2D eigenvalue weighted by atomic mass is 9.81. The van der Waals surface area contributed by atoms with E-state index in [-0.39, 0.29) is 23.9 Å². The molecule has 2 aliphatic rings. The van der Waals surface area contributed by atoms with Crippen LogP contribution in [0.25, 0.3) is 0 Å². The first-order chi connectivity index (χ1) is 14.6. The molecule has 2 aliphatic carbocycles. The maximum Gasteiger partial charge on any atom is 0.305 e. The van der Waals surface area contributed by atoms with E-state index in [1.165, 1.54) is 31.9 Å². The summed E-state index contributed by atoms with van der Waals surface area (Å²) in [5, 5.41) is 10.7. The molecule has 0 aromatic heterocycles. The average molecular weight is 413 g/mol. The number of Topliss-reactive ketones (excluding diaryl/α,β-unsaturated/α-hetero) is 1. The highest BCUT2D eigenvalue weighted by molar-refractivity contribution is 5.84. The van der Waals surface area contributed by atoms with E-state index in [2.05, 4.69) is 41.2 Å². The normalized spacial score (nSPS) is 23.7. The maximum absolute atomic E-state index is 12.5. The highest BCUT2D eigenvalue weighted by Crippen LogP contribution is 2.40. The molecule has 0 unspecified atom stereocenters. The predicted molar refractivity (Wildman–Crippen MR) is 118 cm³/mol. The van der Waals surface area contributed by atoms with Gasteiger partial charge < -0.3 is 9.84 Å². The lowest BCUT2D eigenvalue weighted by molar-refractivity contribution is -0.140. The van der Waals surface area contributed by atoms with Crippen molar-refractivity contribution in [3.8, 4) is 0 Å². The van der Waals surface area contributed by atoms with Crippen molar-refractivity contribution in [3.05, 3.63) is 47.5 Å². The molecule has 0 saturated heterocycles. The first-order valence-corrected chi connectivity index (χ1v) is 11.6. The van der Waals surface area contributed by atoms with Crippen molar-refractivity contribution in [2.75, 3.05) is 7.11 Å². The largest absolute Gasteiger partial charge is 0.469 e. The molecule has 1 aromatic carbocycles. The van der Waals surface area contributed by atoms with Crippen molar-refractivity contribution in [2.24, 2.45) is 11.8 Å². The molecule has 30 heavy (non-hydrogen) atoms. The number of unbranched alkanes of at least 4 members (excludes halogenated alkanes) is 1. The van der Waals surface area contributed by atoms with E-state index in [0.717, 1.165) is 44.1 Å². The van der Waals surface area contributed by atoms with Crippen LogP contribution in [0.5, 0.6) is 0 Å². The second-order valence-corrected chi connectivity index (χ2v) is 8.90. The summed E-state index contributed by atoms with van der Waals surface area (Å²) >= 11 is 0. The highest BCUT2D eigenvalue weighted by atomic mass is 16.5. The number of aliphatic hydroxyl groups excluding tert-OH is 1. The molecular weight excluding hydrogens is 376 g/mol. The molecule has 1 aromatic rings. The number of hydrogen-bond acceptors (Lipinski definition) is 4. The number of ketones is 1. The van der Waals surface area contributed by atoms with Crippen LogP contribution in [-0.4, -0.2) is 24.0 Å². The Morgan fingerprint density at radius 3 is 2.57 bits per heavy atom. The number of rotatable bonds is 9. The summed E-state index contributed by atoms with van der Waals surface area (Å²) in [6.45, 7) is 0. The van der Waals surface area contributed by atoms with E-state index in [0.29, 0.717) is 24.5 Å². The van der Waals surface area contributed by atoms with E-state index in [1.54, 1.807) is 0 Å². The van der Waals surface area contributed by atoms with E-state index >= 15 is 0 Å². The van der Waals surface area contributed by atoms with Crippen LogP contribution in [0.4, 0.5) is 0 Å². The summed E-state index contributed by atoms with van der Waals surface area (Å²) < 4.78 is 4.65. The molecule has 2 fully saturated rings. The number of esters is 1. The van der Waals surface area contributed by atoms with Crippen LogP contribution in [0.3, 0.4) is 0 Å². The molecular formula is C26H36O4. The van der Waals surface area contributed by atoms with Crippen LogP contribution >= 0.6 is 0 Å². The molecule has 0 radical (unpaired) electrons. The molecule has 3 rings (SSSR count). The summed E-state index contributed by atoms with van der Waals surface area (Å²) in [4.78, 5) is 23.6. The molecule has 1 N–H and O–H groups in total. The summed E-state index contributed by atoms with van der Waals surface area (Å²) in [5.74, 6) is 0.862. The Morgan fingerprint density at radius 2 is 1.87 bits per heavy atom. The van der Waals surface area contributed by atoms with Gasteiger partial charge in [0.05, 0.1) is 13.2 Å². The Bertz CT molecular complexity index is 715. The van der Waals surface area contributed by atoms with Crippen LogP contribution in [0.15, 0.2) is 36.4 Å². The third-order valence-electron chi connectivity index (χ3n) is 6.94. The number of aliphatic hydroxyl groups is 1. The fourth-order valence-electron chi connectivity index (χ4n) is 5.09. The number of ether oxygens (including phenoxy) is 1. The lowest BCUT2D eigenvalue weighted by Gasteiger charge is -2.27. The zero-order valence-electron chi connectivity index (χ0n) is 18.2. The topological polar surface area (TPSA) is 63.6 Å². The van der Waals surface area contributed by atoms with E-state index in [1.807, 2.05) is 0 Å². The van der Waals surface area contributed by atoms with Gasteiger partial charge in [0.1, 0.15) is 5.78 Å². The molecule has 0 spiro atoms. The second kappa shape index (κ2) is 11.5. The first kappa shape index (κ1) is 22.7. The van der Waals surface area contributed by atoms with Gasteiger partial charge in [-0.2, -0.15) is 0 Å². The number of hydrogen-bond donors (Lipinski definition) is 1. The predicted octanol–water partition coefficient (Wildman–Crippen LogP) is 5.65. The summed E-state index contributed by atoms with van der Waals surface area (Å²) in [7, 11) is 1.41. The van der Waals surface area contributed by atoms with Gasteiger partial charge in [-0.15, -0.1) is 0 Å². The molecule has 164 valence electrons. The highest BCUT2D eigenvalue weighted by Gasteiger charge is 2.34. The zero-order valence-corrected chi connectivity index (χ0v) is 18.2. The van der Waals surface area contributed by atoms with Crippen LogP contribution in [0.2, 0.25) is 0 Å². The van der Waals surface area contributed by atoms with E-state index in [9.17, 15) is 14.7 Å². The Kier molecular flexibility index (Phi) is 8.68. The number of allylic oxidation sites excluding steroid dienone is 2. The molecule has 0 bridgehead atoms. The van der Waals surface area contributed by atoms with Crippen molar-refractivity contribution >= 4 is 11.8 Å². The standard InChI is InChI=1S/C26H36O4/c1-30-25(28)12-8-3-2-7-11-23-22(17-18-24(23)27)19-13-15-21(16-14-19)26(29)20-9-5-4-6-10-20/h2,7,13-16,20,22-23,26,29H,3-6,8-12,17-18H2,1H3/b7-2-/t22-,23-,26-/m1/s1. The quantitative estimate of drug-likeness (QED) is 0.323. The van der Waals surface area contributed by atoms with Gasteiger partial charge >= 0.3 is 5.97 Å². The minimum Gasteiger partial charge on any atom is -0.469 e. The first-order valence-electron chi connectivity index (χ1n) is 11.6.